The molecular weight excluding hydrogens is 238 g/mol. The minimum atomic E-state index is 0.227. The molecule has 1 aromatic carbocycles. The van der Waals surface area contributed by atoms with Gasteiger partial charge in [0.2, 0.25) is 0 Å². The van der Waals surface area contributed by atoms with Gasteiger partial charge in [0.25, 0.3) is 0 Å². The van der Waals surface area contributed by atoms with Crippen molar-refractivity contribution in [1.82, 2.24) is 5.32 Å². The fraction of sp³-hybridized carbons (Fsp3) is 0.500. The van der Waals surface area contributed by atoms with Crippen molar-refractivity contribution >= 4 is 15.9 Å². The number of rotatable bonds is 0. The average molecular weight is 254 g/mol. The first kappa shape index (κ1) is 10.2. The Labute approximate surface area is 94.0 Å². The lowest BCUT2D eigenvalue weighted by Crippen LogP contribution is -2.44. The predicted octanol–water partition coefficient (Wildman–Crippen LogP) is 3.18. The molecule has 76 valence electrons. The van der Waals surface area contributed by atoms with Gasteiger partial charge in [0, 0.05) is 16.6 Å². The van der Waals surface area contributed by atoms with Crippen molar-refractivity contribution in [3.8, 4) is 0 Å². The molecule has 1 nitrogen and oxygen atoms in total. The fourth-order valence-corrected chi connectivity index (χ4v) is 2.79. The number of benzene rings is 1. The summed E-state index contributed by atoms with van der Waals surface area (Å²) in [6.45, 7) is 7.64. The average Bonchev–Trinajstić information content (AvgIpc) is 2.06. The van der Waals surface area contributed by atoms with Crippen LogP contribution in [0, 0.1) is 6.92 Å². The number of aryl methyl sites for hydroxylation is 1. The predicted molar refractivity (Wildman–Crippen MR) is 63.5 cm³/mol. The number of hydrogen-bond donors (Lipinski definition) is 1. The molecule has 14 heavy (non-hydrogen) atoms. The largest absolute Gasteiger partial charge is 0.307 e. The van der Waals surface area contributed by atoms with Crippen LogP contribution in [-0.4, -0.2) is 5.54 Å². The normalized spacial score (nSPS) is 19.1. The topological polar surface area (TPSA) is 12.0 Å². The van der Waals surface area contributed by atoms with Crippen molar-refractivity contribution < 1.29 is 0 Å². The van der Waals surface area contributed by atoms with Crippen LogP contribution < -0.4 is 5.32 Å². The molecule has 0 aromatic heterocycles. The van der Waals surface area contributed by atoms with Crippen LogP contribution in [-0.2, 0) is 13.0 Å². The molecule has 0 spiro atoms. The fourth-order valence-electron chi connectivity index (χ4n) is 2.04. The summed E-state index contributed by atoms with van der Waals surface area (Å²) in [6, 6.07) is 4.49. The van der Waals surface area contributed by atoms with Crippen molar-refractivity contribution in [1.29, 1.82) is 0 Å². The summed E-state index contributed by atoms with van der Waals surface area (Å²) in [6.07, 6.45) is 1.10. The van der Waals surface area contributed by atoms with E-state index in [0.29, 0.717) is 0 Å². The molecule has 1 heterocycles. The van der Waals surface area contributed by atoms with Gasteiger partial charge in [-0.2, -0.15) is 0 Å². The Hall–Kier alpha value is -0.340. The molecule has 0 amide bonds. The SMILES string of the molecule is Cc1cc(Br)c2c(c1)CNC(C)(C)C2. The van der Waals surface area contributed by atoms with Gasteiger partial charge in [0.15, 0.2) is 0 Å². The summed E-state index contributed by atoms with van der Waals surface area (Å²) in [4.78, 5) is 0. The summed E-state index contributed by atoms with van der Waals surface area (Å²) in [5.74, 6) is 0. The van der Waals surface area contributed by atoms with E-state index in [0.717, 1.165) is 13.0 Å². The molecule has 0 atom stereocenters. The molecule has 1 aliphatic rings. The molecule has 0 aliphatic carbocycles. The second-order valence-electron chi connectivity index (χ2n) is 4.80. The van der Waals surface area contributed by atoms with Gasteiger partial charge in [0.1, 0.15) is 0 Å². The molecular formula is C12H16BrN. The van der Waals surface area contributed by atoms with Gasteiger partial charge in [-0.3, -0.25) is 0 Å². The zero-order valence-electron chi connectivity index (χ0n) is 8.95. The Morgan fingerprint density at radius 2 is 2.07 bits per heavy atom. The Morgan fingerprint density at radius 1 is 1.36 bits per heavy atom. The molecule has 1 aliphatic heterocycles. The van der Waals surface area contributed by atoms with E-state index in [-0.39, 0.29) is 5.54 Å². The summed E-state index contributed by atoms with van der Waals surface area (Å²) in [5, 5.41) is 3.55. The number of nitrogens with one attached hydrogen (secondary N) is 1. The molecule has 0 saturated carbocycles. The highest BCUT2D eigenvalue weighted by atomic mass is 79.9. The minimum Gasteiger partial charge on any atom is -0.307 e. The van der Waals surface area contributed by atoms with Gasteiger partial charge in [-0.15, -0.1) is 0 Å². The molecule has 1 N–H and O–H groups in total. The summed E-state index contributed by atoms with van der Waals surface area (Å²) >= 11 is 3.66. The van der Waals surface area contributed by atoms with Crippen LogP contribution in [0.4, 0.5) is 0 Å². The number of hydrogen-bond acceptors (Lipinski definition) is 1. The standard InChI is InChI=1S/C12H16BrN/c1-8-4-9-7-14-12(2,3)6-10(9)11(13)5-8/h4-5,14H,6-7H2,1-3H3. The molecule has 0 radical (unpaired) electrons. The van der Waals surface area contributed by atoms with Gasteiger partial charge in [0.05, 0.1) is 0 Å². The Balaban J connectivity index is 2.47. The molecule has 2 rings (SSSR count). The third-order valence-corrected chi connectivity index (χ3v) is 3.52. The summed E-state index contributed by atoms with van der Waals surface area (Å²) in [5.41, 5.74) is 4.47. The van der Waals surface area contributed by atoms with E-state index in [1.807, 2.05) is 0 Å². The van der Waals surface area contributed by atoms with Gasteiger partial charge < -0.3 is 5.32 Å². The third-order valence-electron chi connectivity index (χ3n) is 2.81. The molecule has 0 bridgehead atoms. The van der Waals surface area contributed by atoms with Crippen molar-refractivity contribution in [3.05, 3.63) is 33.3 Å². The van der Waals surface area contributed by atoms with Gasteiger partial charge in [-0.25, -0.2) is 0 Å². The molecule has 0 unspecified atom stereocenters. The Morgan fingerprint density at radius 3 is 2.79 bits per heavy atom. The van der Waals surface area contributed by atoms with E-state index in [1.54, 1.807) is 0 Å². The quantitative estimate of drug-likeness (QED) is 0.749. The lowest BCUT2D eigenvalue weighted by Gasteiger charge is -2.33. The first-order chi connectivity index (χ1) is 6.48. The zero-order valence-corrected chi connectivity index (χ0v) is 10.5. The van der Waals surface area contributed by atoms with Crippen LogP contribution in [0.1, 0.15) is 30.5 Å². The van der Waals surface area contributed by atoms with Crippen LogP contribution in [0.5, 0.6) is 0 Å². The lowest BCUT2D eigenvalue weighted by atomic mass is 9.87. The summed E-state index contributed by atoms with van der Waals surface area (Å²) < 4.78 is 1.27. The second-order valence-corrected chi connectivity index (χ2v) is 5.65. The molecule has 2 heteroatoms. The highest BCUT2D eigenvalue weighted by molar-refractivity contribution is 9.10. The molecule has 0 fully saturated rings. The van der Waals surface area contributed by atoms with Crippen LogP contribution in [0.2, 0.25) is 0 Å². The maximum absolute atomic E-state index is 3.66. The number of fused-ring (bicyclic) bond motifs is 1. The van der Waals surface area contributed by atoms with E-state index in [4.69, 9.17) is 0 Å². The van der Waals surface area contributed by atoms with Gasteiger partial charge in [-0.1, -0.05) is 22.0 Å². The van der Waals surface area contributed by atoms with E-state index in [9.17, 15) is 0 Å². The van der Waals surface area contributed by atoms with Crippen LogP contribution in [0.15, 0.2) is 16.6 Å². The smallest absolute Gasteiger partial charge is 0.0213 e. The second kappa shape index (κ2) is 3.35. The molecule has 1 aromatic rings. The Kier molecular flexibility index (Phi) is 2.44. The van der Waals surface area contributed by atoms with Crippen molar-refractivity contribution in [3.63, 3.8) is 0 Å². The van der Waals surface area contributed by atoms with E-state index in [1.165, 1.54) is 21.2 Å². The zero-order chi connectivity index (χ0) is 10.3. The summed E-state index contributed by atoms with van der Waals surface area (Å²) in [7, 11) is 0. The van der Waals surface area contributed by atoms with Crippen molar-refractivity contribution in [2.45, 2.75) is 39.3 Å². The van der Waals surface area contributed by atoms with Gasteiger partial charge in [-0.05, 0) is 49.9 Å². The minimum absolute atomic E-state index is 0.227. The first-order valence-corrected chi connectivity index (χ1v) is 5.80. The van der Waals surface area contributed by atoms with Gasteiger partial charge >= 0.3 is 0 Å². The highest BCUT2D eigenvalue weighted by Gasteiger charge is 2.25. The maximum Gasteiger partial charge on any atom is 0.0213 e. The lowest BCUT2D eigenvalue weighted by molar-refractivity contribution is 0.362. The first-order valence-electron chi connectivity index (χ1n) is 5.01. The van der Waals surface area contributed by atoms with Crippen molar-refractivity contribution in [2.75, 3.05) is 0 Å². The van der Waals surface area contributed by atoms with E-state index >= 15 is 0 Å². The van der Waals surface area contributed by atoms with Crippen LogP contribution in [0.3, 0.4) is 0 Å². The maximum atomic E-state index is 3.66. The highest BCUT2D eigenvalue weighted by Crippen LogP contribution is 2.30. The van der Waals surface area contributed by atoms with E-state index in [2.05, 4.69) is 54.2 Å². The van der Waals surface area contributed by atoms with Crippen molar-refractivity contribution in [2.24, 2.45) is 0 Å². The Bertz CT molecular complexity index is 369. The molecule has 0 saturated heterocycles. The van der Waals surface area contributed by atoms with Crippen LogP contribution in [0.25, 0.3) is 0 Å². The van der Waals surface area contributed by atoms with E-state index < -0.39 is 0 Å². The third kappa shape index (κ3) is 1.86. The monoisotopic (exact) mass is 253 g/mol. The number of halogens is 1. The van der Waals surface area contributed by atoms with Crippen LogP contribution >= 0.6 is 15.9 Å².